The maximum atomic E-state index is 10.8. The van der Waals surface area contributed by atoms with Gasteiger partial charge in [0.15, 0.2) is 5.11 Å². The van der Waals surface area contributed by atoms with Crippen LogP contribution in [0.15, 0.2) is 0 Å². The fourth-order valence-corrected chi connectivity index (χ4v) is 4.62. The van der Waals surface area contributed by atoms with Gasteiger partial charge in [0.25, 0.3) is 0 Å². The van der Waals surface area contributed by atoms with E-state index in [0.717, 1.165) is 19.3 Å². The highest BCUT2D eigenvalue weighted by Crippen LogP contribution is 2.47. The summed E-state index contributed by atoms with van der Waals surface area (Å²) in [6.45, 7) is 0. The monoisotopic (exact) mass is 254 g/mol. The van der Waals surface area contributed by atoms with Crippen molar-refractivity contribution in [3.8, 4) is 0 Å². The largest absolute Gasteiger partial charge is 0.371 e. The molecule has 0 amide bonds. The first-order valence-electron chi connectivity index (χ1n) is 6.97. The van der Waals surface area contributed by atoms with Crippen LogP contribution in [0.25, 0.3) is 0 Å². The Bertz CT molecular complexity index is 327. The predicted octanol–water partition coefficient (Wildman–Crippen LogP) is 2.05. The molecule has 1 aliphatic heterocycles. The summed E-state index contributed by atoms with van der Waals surface area (Å²) in [5, 5.41) is 18.2. The summed E-state index contributed by atoms with van der Waals surface area (Å²) in [4.78, 5) is 0. The molecule has 17 heavy (non-hydrogen) atoms. The topological polar surface area (TPSA) is 44.3 Å². The van der Waals surface area contributed by atoms with E-state index in [1.54, 1.807) is 0 Å². The molecule has 1 saturated heterocycles. The molecule has 3 N–H and O–H groups in total. The van der Waals surface area contributed by atoms with Crippen molar-refractivity contribution < 1.29 is 5.11 Å². The smallest absolute Gasteiger partial charge is 0.168 e. The maximum absolute atomic E-state index is 10.8. The second-order valence-corrected chi connectivity index (χ2v) is 6.43. The maximum Gasteiger partial charge on any atom is 0.168 e. The van der Waals surface area contributed by atoms with Crippen molar-refractivity contribution in [1.29, 1.82) is 0 Å². The summed E-state index contributed by atoms with van der Waals surface area (Å²) in [5.41, 5.74) is -0.659. The van der Waals surface area contributed by atoms with Gasteiger partial charge in [-0.1, -0.05) is 25.7 Å². The second-order valence-electron chi connectivity index (χ2n) is 6.02. The molecule has 0 radical (unpaired) electrons. The molecule has 4 heteroatoms. The number of rotatable bonds is 0. The molecule has 1 heterocycles. The van der Waals surface area contributed by atoms with E-state index in [-0.39, 0.29) is 5.54 Å². The lowest BCUT2D eigenvalue weighted by atomic mass is 9.63. The van der Waals surface area contributed by atoms with Crippen LogP contribution in [-0.2, 0) is 0 Å². The summed E-state index contributed by atoms with van der Waals surface area (Å²) >= 11 is 5.32. The molecule has 0 bridgehead atoms. The molecule has 3 fully saturated rings. The highest BCUT2D eigenvalue weighted by Gasteiger charge is 2.55. The van der Waals surface area contributed by atoms with Gasteiger partial charge in [-0.05, 0) is 44.3 Å². The first-order valence-corrected chi connectivity index (χ1v) is 7.38. The first kappa shape index (κ1) is 11.7. The third kappa shape index (κ3) is 1.85. The zero-order valence-corrected chi connectivity index (χ0v) is 11.1. The predicted molar refractivity (Wildman–Crippen MR) is 71.6 cm³/mol. The second kappa shape index (κ2) is 4.09. The average molecular weight is 254 g/mol. The van der Waals surface area contributed by atoms with Crippen molar-refractivity contribution in [1.82, 2.24) is 10.6 Å². The van der Waals surface area contributed by atoms with Gasteiger partial charge < -0.3 is 15.7 Å². The summed E-state index contributed by atoms with van der Waals surface area (Å²) in [6, 6.07) is 0. The number of hydrogen-bond acceptors (Lipinski definition) is 2. The molecular formula is C13H22N2OS. The zero-order valence-electron chi connectivity index (χ0n) is 10.3. The molecule has 96 valence electrons. The Morgan fingerprint density at radius 2 is 1.71 bits per heavy atom. The van der Waals surface area contributed by atoms with E-state index in [1.807, 2.05) is 0 Å². The Morgan fingerprint density at radius 1 is 1.00 bits per heavy atom. The summed E-state index contributed by atoms with van der Waals surface area (Å²) in [7, 11) is 0. The number of aliphatic hydroxyl groups is 1. The van der Waals surface area contributed by atoms with Crippen molar-refractivity contribution >= 4 is 17.3 Å². The minimum absolute atomic E-state index is 0.0791. The summed E-state index contributed by atoms with van der Waals surface area (Å²) < 4.78 is 0. The molecule has 3 aliphatic rings. The quantitative estimate of drug-likeness (QED) is 0.579. The van der Waals surface area contributed by atoms with Crippen molar-refractivity contribution in [3.05, 3.63) is 0 Å². The number of nitrogens with one attached hydrogen (secondary N) is 2. The van der Waals surface area contributed by atoms with Gasteiger partial charge >= 0.3 is 0 Å². The lowest BCUT2D eigenvalue weighted by Gasteiger charge is -2.57. The molecule has 0 aromatic rings. The van der Waals surface area contributed by atoms with Crippen molar-refractivity contribution in [2.24, 2.45) is 5.92 Å². The molecule has 0 aromatic carbocycles. The van der Waals surface area contributed by atoms with Gasteiger partial charge in [-0.2, -0.15) is 0 Å². The van der Waals surface area contributed by atoms with Crippen LogP contribution in [0, 0.1) is 5.92 Å². The summed E-state index contributed by atoms with van der Waals surface area (Å²) in [5.74, 6) is 0.329. The fourth-order valence-electron chi connectivity index (χ4n) is 4.24. The lowest BCUT2D eigenvalue weighted by Crippen LogP contribution is -2.74. The van der Waals surface area contributed by atoms with Crippen LogP contribution >= 0.6 is 12.2 Å². The van der Waals surface area contributed by atoms with Crippen molar-refractivity contribution in [2.45, 2.75) is 69.1 Å². The molecule has 0 unspecified atom stereocenters. The van der Waals surface area contributed by atoms with Gasteiger partial charge in [0.1, 0.15) is 5.72 Å². The van der Waals surface area contributed by atoms with E-state index in [1.165, 1.54) is 38.5 Å². The van der Waals surface area contributed by atoms with E-state index >= 15 is 0 Å². The number of fused-ring (bicyclic) bond motifs is 2. The van der Waals surface area contributed by atoms with Gasteiger partial charge in [0.2, 0.25) is 0 Å². The Hall–Kier alpha value is -0.350. The third-order valence-corrected chi connectivity index (χ3v) is 5.19. The normalized spacial score (nSPS) is 40.3. The van der Waals surface area contributed by atoms with Gasteiger partial charge in [-0.15, -0.1) is 0 Å². The Morgan fingerprint density at radius 3 is 2.47 bits per heavy atom. The molecule has 0 aromatic heterocycles. The van der Waals surface area contributed by atoms with Crippen LogP contribution in [0.2, 0.25) is 0 Å². The summed E-state index contributed by atoms with van der Waals surface area (Å²) in [6.07, 6.45) is 10.5. The minimum atomic E-state index is -0.738. The van der Waals surface area contributed by atoms with Gasteiger partial charge in [-0.3, -0.25) is 0 Å². The number of hydrogen-bond donors (Lipinski definition) is 3. The standard InChI is InChI=1S/C13H22N2OS/c16-13-9-5-2-6-10(13)12(14-11(17)15-13)7-3-1-4-8-12/h10,16H,1-9H2,(H2,14,15,17)/t10-,13-/m1/s1. The Balaban J connectivity index is 1.93. The molecule has 2 aliphatic carbocycles. The number of thiocarbonyl (C=S) groups is 1. The van der Waals surface area contributed by atoms with E-state index < -0.39 is 5.72 Å². The van der Waals surface area contributed by atoms with Crippen molar-refractivity contribution in [3.63, 3.8) is 0 Å². The van der Waals surface area contributed by atoms with Crippen LogP contribution in [0.4, 0.5) is 0 Å². The SMILES string of the molecule is O[C@]12CCCC[C@@H]1C1(CCCCC1)NC(=S)N2. The third-order valence-electron chi connectivity index (χ3n) is 4.98. The van der Waals surface area contributed by atoms with Gasteiger partial charge in [0, 0.05) is 11.5 Å². The van der Waals surface area contributed by atoms with Crippen LogP contribution in [-0.4, -0.2) is 21.5 Å². The molecular weight excluding hydrogens is 232 g/mol. The van der Waals surface area contributed by atoms with E-state index in [2.05, 4.69) is 10.6 Å². The Kier molecular flexibility index (Phi) is 2.82. The van der Waals surface area contributed by atoms with Crippen LogP contribution in [0.3, 0.4) is 0 Å². The van der Waals surface area contributed by atoms with E-state index in [4.69, 9.17) is 12.2 Å². The zero-order chi connectivity index (χ0) is 11.9. The van der Waals surface area contributed by atoms with Gasteiger partial charge in [-0.25, -0.2) is 0 Å². The lowest BCUT2D eigenvalue weighted by molar-refractivity contribution is -0.113. The molecule has 2 atom stereocenters. The minimum Gasteiger partial charge on any atom is -0.371 e. The van der Waals surface area contributed by atoms with Crippen LogP contribution in [0.1, 0.15) is 57.8 Å². The van der Waals surface area contributed by atoms with E-state index in [0.29, 0.717) is 11.0 Å². The molecule has 2 saturated carbocycles. The highest BCUT2D eigenvalue weighted by atomic mass is 32.1. The average Bonchev–Trinajstić information content (AvgIpc) is 2.28. The fraction of sp³-hybridized carbons (Fsp3) is 0.923. The van der Waals surface area contributed by atoms with Crippen LogP contribution in [0.5, 0.6) is 0 Å². The molecule has 3 nitrogen and oxygen atoms in total. The first-order chi connectivity index (χ1) is 8.15. The van der Waals surface area contributed by atoms with Crippen LogP contribution < -0.4 is 10.6 Å². The molecule has 3 rings (SSSR count). The highest BCUT2D eigenvalue weighted by molar-refractivity contribution is 7.80. The molecule has 1 spiro atoms. The van der Waals surface area contributed by atoms with E-state index in [9.17, 15) is 5.11 Å². The van der Waals surface area contributed by atoms with Gasteiger partial charge in [0.05, 0.1) is 0 Å². The Labute approximate surface area is 108 Å². The van der Waals surface area contributed by atoms with Crippen molar-refractivity contribution in [2.75, 3.05) is 0 Å².